The van der Waals surface area contributed by atoms with E-state index >= 15 is 0 Å². The number of hydrogen-bond donors (Lipinski definition) is 1. The first-order chi connectivity index (χ1) is 9.13. The molecule has 0 fully saturated rings. The van der Waals surface area contributed by atoms with Crippen molar-refractivity contribution in [2.45, 2.75) is 0 Å². The van der Waals surface area contributed by atoms with Gasteiger partial charge in [-0.1, -0.05) is 11.6 Å². The van der Waals surface area contributed by atoms with E-state index < -0.39 is 0 Å². The molecule has 2 aromatic rings. The number of nitrogens with one attached hydrogen (secondary N) is 1. The first kappa shape index (κ1) is 13.4. The second kappa shape index (κ2) is 5.75. The highest BCUT2D eigenvalue weighted by Crippen LogP contribution is 2.30. The summed E-state index contributed by atoms with van der Waals surface area (Å²) in [5.74, 6) is 0.248. The SMILES string of the molecule is COC(=O)CNc1cc2cc(Cl)cnc2cc1OC. The van der Waals surface area contributed by atoms with E-state index in [0.29, 0.717) is 16.5 Å². The van der Waals surface area contributed by atoms with Gasteiger partial charge in [0.1, 0.15) is 12.3 Å². The molecular weight excluding hydrogens is 268 g/mol. The first-order valence-electron chi connectivity index (χ1n) is 5.58. The standard InChI is InChI=1S/C13H13ClN2O3/c1-18-12-5-10-8(3-9(14)6-15-10)4-11(12)16-7-13(17)19-2/h3-6,16H,7H2,1-2H3. The first-order valence-corrected chi connectivity index (χ1v) is 5.96. The van der Waals surface area contributed by atoms with Gasteiger partial charge in [-0.2, -0.15) is 0 Å². The number of carbonyl (C=O) groups is 1. The summed E-state index contributed by atoms with van der Waals surface area (Å²) in [7, 11) is 2.89. The van der Waals surface area contributed by atoms with Crippen molar-refractivity contribution >= 4 is 34.2 Å². The predicted octanol–water partition coefficient (Wildman–Crippen LogP) is 2.48. The summed E-state index contributed by atoms with van der Waals surface area (Å²) < 4.78 is 9.84. The molecule has 0 radical (unpaired) electrons. The summed E-state index contributed by atoms with van der Waals surface area (Å²) >= 11 is 5.91. The van der Waals surface area contributed by atoms with E-state index in [0.717, 1.165) is 10.9 Å². The number of carbonyl (C=O) groups excluding carboxylic acids is 1. The number of esters is 1. The van der Waals surface area contributed by atoms with Crippen molar-refractivity contribution in [2.75, 3.05) is 26.1 Å². The lowest BCUT2D eigenvalue weighted by Gasteiger charge is -2.11. The number of nitrogens with zero attached hydrogens (tertiary/aromatic N) is 1. The second-order valence-electron chi connectivity index (χ2n) is 3.83. The molecule has 19 heavy (non-hydrogen) atoms. The van der Waals surface area contributed by atoms with Gasteiger partial charge in [0.15, 0.2) is 0 Å². The number of ether oxygens (including phenoxy) is 2. The van der Waals surface area contributed by atoms with E-state index in [1.807, 2.05) is 6.07 Å². The third kappa shape index (κ3) is 3.06. The van der Waals surface area contributed by atoms with Gasteiger partial charge < -0.3 is 14.8 Å². The zero-order chi connectivity index (χ0) is 13.8. The maximum atomic E-state index is 11.1. The average molecular weight is 281 g/mol. The Morgan fingerprint density at radius 1 is 1.37 bits per heavy atom. The minimum absolute atomic E-state index is 0.0619. The van der Waals surface area contributed by atoms with E-state index in [2.05, 4.69) is 15.0 Å². The van der Waals surface area contributed by atoms with Gasteiger partial charge in [-0.25, -0.2) is 0 Å². The molecule has 0 atom stereocenters. The van der Waals surface area contributed by atoms with Gasteiger partial charge in [-0.05, 0) is 12.1 Å². The van der Waals surface area contributed by atoms with Crippen molar-refractivity contribution in [1.29, 1.82) is 0 Å². The monoisotopic (exact) mass is 280 g/mol. The Bertz CT molecular complexity index is 616. The summed E-state index contributed by atoms with van der Waals surface area (Å²) in [6.07, 6.45) is 1.57. The number of hydrogen-bond acceptors (Lipinski definition) is 5. The summed E-state index contributed by atoms with van der Waals surface area (Å²) in [5.41, 5.74) is 1.45. The summed E-state index contributed by atoms with van der Waals surface area (Å²) in [4.78, 5) is 15.4. The molecule has 6 heteroatoms. The minimum atomic E-state index is -0.355. The van der Waals surface area contributed by atoms with Crippen LogP contribution in [0.5, 0.6) is 5.75 Å². The lowest BCUT2D eigenvalue weighted by atomic mass is 10.2. The second-order valence-corrected chi connectivity index (χ2v) is 4.26. The zero-order valence-electron chi connectivity index (χ0n) is 10.6. The molecule has 0 bridgehead atoms. The van der Waals surface area contributed by atoms with Gasteiger partial charge in [-0.3, -0.25) is 9.78 Å². The van der Waals surface area contributed by atoms with Crippen LogP contribution < -0.4 is 10.1 Å². The van der Waals surface area contributed by atoms with Crippen LogP contribution in [0.4, 0.5) is 5.69 Å². The fraction of sp³-hybridized carbons (Fsp3) is 0.231. The number of pyridine rings is 1. The molecule has 1 aromatic heterocycles. The van der Waals surface area contributed by atoms with Crippen molar-refractivity contribution in [3.63, 3.8) is 0 Å². The molecule has 0 amide bonds. The van der Waals surface area contributed by atoms with E-state index in [4.69, 9.17) is 16.3 Å². The molecule has 0 aliphatic rings. The van der Waals surface area contributed by atoms with Crippen LogP contribution in [-0.4, -0.2) is 31.7 Å². The highest BCUT2D eigenvalue weighted by molar-refractivity contribution is 6.31. The third-order valence-electron chi connectivity index (χ3n) is 2.62. The van der Waals surface area contributed by atoms with Gasteiger partial charge in [0.05, 0.1) is 30.4 Å². The fourth-order valence-electron chi connectivity index (χ4n) is 1.68. The number of benzene rings is 1. The number of halogens is 1. The lowest BCUT2D eigenvalue weighted by Crippen LogP contribution is -2.15. The normalized spacial score (nSPS) is 10.3. The molecule has 0 saturated carbocycles. The lowest BCUT2D eigenvalue weighted by molar-refractivity contribution is -0.138. The molecule has 0 aliphatic heterocycles. The van der Waals surface area contributed by atoms with Crippen LogP contribution in [0.3, 0.4) is 0 Å². The van der Waals surface area contributed by atoms with Crippen LogP contribution in [-0.2, 0) is 9.53 Å². The Labute approximate surface area is 115 Å². The van der Waals surface area contributed by atoms with E-state index in [1.54, 1.807) is 25.4 Å². The van der Waals surface area contributed by atoms with E-state index in [9.17, 15) is 4.79 Å². The minimum Gasteiger partial charge on any atom is -0.495 e. The summed E-state index contributed by atoms with van der Waals surface area (Å²) in [5, 5.41) is 4.37. The number of fused-ring (bicyclic) bond motifs is 1. The molecule has 5 nitrogen and oxygen atoms in total. The molecule has 100 valence electrons. The Hall–Kier alpha value is -2.01. The largest absolute Gasteiger partial charge is 0.495 e. The summed E-state index contributed by atoms with van der Waals surface area (Å²) in [6.45, 7) is 0.0619. The fourth-order valence-corrected chi connectivity index (χ4v) is 1.84. The van der Waals surface area contributed by atoms with Gasteiger partial charge >= 0.3 is 5.97 Å². The molecule has 1 aromatic carbocycles. The Balaban J connectivity index is 2.37. The molecule has 0 saturated heterocycles. The van der Waals surface area contributed by atoms with Crippen LogP contribution in [0.2, 0.25) is 5.02 Å². The van der Waals surface area contributed by atoms with Crippen molar-refractivity contribution < 1.29 is 14.3 Å². The maximum Gasteiger partial charge on any atom is 0.325 e. The topological polar surface area (TPSA) is 60.5 Å². The van der Waals surface area contributed by atoms with Crippen molar-refractivity contribution in [2.24, 2.45) is 0 Å². The van der Waals surface area contributed by atoms with E-state index in [-0.39, 0.29) is 12.5 Å². The zero-order valence-corrected chi connectivity index (χ0v) is 11.3. The number of rotatable bonds is 4. The molecule has 2 rings (SSSR count). The van der Waals surface area contributed by atoms with Crippen LogP contribution in [0.25, 0.3) is 10.9 Å². The average Bonchev–Trinajstić information content (AvgIpc) is 2.43. The number of anilines is 1. The maximum absolute atomic E-state index is 11.1. The Morgan fingerprint density at radius 3 is 2.84 bits per heavy atom. The highest BCUT2D eigenvalue weighted by atomic mass is 35.5. The Morgan fingerprint density at radius 2 is 2.16 bits per heavy atom. The molecule has 0 unspecified atom stereocenters. The Kier molecular flexibility index (Phi) is 4.06. The molecule has 1 N–H and O–H groups in total. The highest BCUT2D eigenvalue weighted by Gasteiger charge is 2.08. The van der Waals surface area contributed by atoms with Crippen molar-refractivity contribution in [1.82, 2.24) is 4.98 Å². The molecule has 1 heterocycles. The predicted molar refractivity (Wildman–Crippen MR) is 73.8 cm³/mol. The van der Waals surface area contributed by atoms with Crippen LogP contribution in [0, 0.1) is 0 Å². The smallest absolute Gasteiger partial charge is 0.325 e. The van der Waals surface area contributed by atoms with Gasteiger partial charge in [0, 0.05) is 17.6 Å². The number of methoxy groups -OCH3 is 2. The number of aromatic nitrogens is 1. The molecular formula is C13H13ClN2O3. The van der Waals surface area contributed by atoms with Crippen LogP contribution >= 0.6 is 11.6 Å². The third-order valence-corrected chi connectivity index (χ3v) is 2.83. The molecule has 0 spiro atoms. The van der Waals surface area contributed by atoms with Crippen LogP contribution in [0.15, 0.2) is 24.4 Å². The van der Waals surface area contributed by atoms with Crippen molar-refractivity contribution in [3.05, 3.63) is 29.4 Å². The van der Waals surface area contributed by atoms with Gasteiger partial charge in [-0.15, -0.1) is 0 Å². The van der Waals surface area contributed by atoms with Gasteiger partial charge in [0.25, 0.3) is 0 Å². The van der Waals surface area contributed by atoms with Crippen molar-refractivity contribution in [3.8, 4) is 5.75 Å². The molecule has 0 aliphatic carbocycles. The van der Waals surface area contributed by atoms with Crippen LogP contribution in [0.1, 0.15) is 0 Å². The summed E-state index contributed by atoms with van der Waals surface area (Å²) in [6, 6.07) is 5.41. The van der Waals surface area contributed by atoms with Gasteiger partial charge in [0.2, 0.25) is 0 Å². The van der Waals surface area contributed by atoms with E-state index in [1.165, 1.54) is 7.11 Å². The quantitative estimate of drug-likeness (QED) is 0.872.